The molecule has 0 saturated heterocycles. The van der Waals surface area contributed by atoms with E-state index in [1.54, 1.807) is 0 Å². The van der Waals surface area contributed by atoms with Crippen LogP contribution in [0.3, 0.4) is 0 Å². The molecule has 0 aliphatic rings. The molecule has 0 rings (SSSR count). The van der Waals surface area contributed by atoms with Crippen molar-refractivity contribution in [2.45, 2.75) is 238 Å². The first-order chi connectivity index (χ1) is 36.6. The van der Waals surface area contributed by atoms with Crippen LogP contribution in [0.4, 0.5) is 0 Å². The molecule has 0 saturated carbocycles. The van der Waals surface area contributed by atoms with Gasteiger partial charge in [-0.15, -0.1) is 0 Å². The summed E-state index contributed by atoms with van der Waals surface area (Å²) < 4.78 is 10.7. The largest absolute Gasteiger partial charge is 0.462 e. The molecule has 5 nitrogen and oxygen atoms in total. The normalized spacial score (nSPS) is 13.5. The van der Waals surface area contributed by atoms with Crippen molar-refractivity contribution in [3.63, 3.8) is 0 Å². The number of aliphatic hydroxyl groups excluding tert-OH is 1. The van der Waals surface area contributed by atoms with Crippen LogP contribution in [0.5, 0.6) is 0 Å². The highest BCUT2D eigenvalue weighted by Crippen LogP contribution is 2.14. The van der Waals surface area contributed by atoms with Gasteiger partial charge < -0.3 is 14.6 Å². The molecule has 0 spiro atoms. The van der Waals surface area contributed by atoms with Crippen molar-refractivity contribution in [2.24, 2.45) is 0 Å². The Bertz CT molecular complexity index is 1670. The van der Waals surface area contributed by atoms with Crippen molar-refractivity contribution in [1.29, 1.82) is 0 Å². The van der Waals surface area contributed by atoms with E-state index in [2.05, 4.69) is 184 Å². The van der Waals surface area contributed by atoms with Crippen LogP contribution in [0.25, 0.3) is 0 Å². The smallest absolute Gasteiger partial charge is 0.306 e. The fraction of sp³-hybridized carbons (Fsp3) is 0.565. The van der Waals surface area contributed by atoms with E-state index < -0.39 is 6.10 Å². The van der Waals surface area contributed by atoms with Gasteiger partial charge in [0.25, 0.3) is 0 Å². The van der Waals surface area contributed by atoms with E-state index in [1.807, 2.05) is 0 Å². The van der Waals surface area contributed by atoms with Gasteiger partial charge in [0, 0.05) is 12.8 Å². The summed E-state index contributed by atoms with van der Waals surface area (Å²) in [4.78, 5) is 24.5. The van der Waals surface area contributed by atoms with E-state index in [9.17, 15) is 14.7 Å². The molecule has 0 amide bonds. The van der Waals surface area contributed by atoms with Gasteiger partial charge in [-0.05, 0) is 128 Å². The molecular formula is C69H108O5. The first-order valence-corrected chi connectivity index (χ1v) is 29.7. The van der Waals surface area contributed by atoms with E-state index in [-0.39, 0.29) is 25.2 Å². The van der Waals surface area contributed by atoms with Crippen LogP contribution in [0, 0.1) is 0 Å². The third-order valence-electron chi connectivity index (χ3n) is 12.0. The summed E-state index contributed by atoms with van der Waals surface area (Å²) >= 11 is 0. The predicted octanol–water partition coefficient (Wildman–Crippen LogP) is 20.5. The molecule has 414 valence electrons. The monoisotopic (exact) mass is 1020 g/mol. The first kappa shape index (κ1) is 69.3. The minimum absolute atomic E-state index is 0.0904. The molecule has 1 unspecified atom stereocenters. The Hall–Kier alpha value is -4.74. The number of hydrogen-bond acceptors (Lipinski definition) is 5. The second-order valence-electron chi connectivity index (χ2n) is 19.0. The quantitative estimate of drug-likeness (QED) is 0.0373. The molecule has 0 aliphatic carbocycles. The maximum atomic E-state index is 12.3. The van der Waals surface area contributed by atoms with Gasteiger partial charge in [-0.3, -0.25) is 9.59 Å². The van der Waals surface area contributed by atoms with Crippen molar-refractivity contribution < 1.29 is 24.2 Å². The number of esters is 2. The molecule has 1 N–H and O–H groups in total. The van der Waals surface area contributed by atoms with E-state index in [0.29, 0.717) is 12.8 Å². The SMILES string of the molecule is CC/C=C\C/C=C\C/C=C\C/C=C\C/C=C\C/C=C\C/C=C\C/C=C\CCCCCCCCCCCCCCC(=O)OC(CO)COC(=O)CCCCCC/C=C\C/C=C\C/C=C\C/C=C\C/C=C\C/C=C\CC. The number of hydrogen-bond donors (Lipinski definition) is 1. The van der Waals surface area contributed by atoms with Crippen molar-refractivity contribution in [3.8, 4) is 0 Å². The summed E-state index contributed by atoms with van der Waals surface area (Å²) in [5, 5.41) is 9.66. The Morgan fingerprint density at radius 3 is 0.811 bits per heavy atom. The standard InChI is InChI=1S/C69H108O5/c1-3-5-7-9-11-13-15-17-19-21-23-25-27-28-29-30-31-32-33-34-35-36-37-38-39-40-42-44-46-48-50-52-54-56-58-60-62-64-69(72)74-67(65-70)66-73-68(71)63-61-59-57-55-53-51-49-47-45-43-41-26-24-22-20-18-16-14-12-10-8-6-4-2/h5-8,11-14,17-20,23-26,28-29,31-32,34-35,37-38,43,45,49,51,67,70H,3-4,9-10,15-16,21-22,27,30,33,36,39-42,44,46-48,50,52-66H2,1-2H3/b7-5-,8-6-,13-11-,14-12-,19-17-,20-18-,25-23-,26-24-,29-28-,32-31-,35-34-,38-37-,45-43-,51-49-. The number of carbonyl (C=O) groups is 2. The Morgan fingerprint density at radius 2 is 0.541 bits per heavy atom. The Balaban J connectivity index is 3.60. The number of allylic oxidation sites excluding steroid dienone is 28. The highest BCUT2D eigenvalue weighted by molar-refractivity contribution is 5.70. The Labute approximate surface area is 455 Å². The first-order valence-electron chi connectivity index (χ1n) is 29.7. The van der Waals surface area contributed by atoms with Crippen molar-refractivity contribution >= 4 is 11.9 Å². The lowest BCUT2D eigenvalue weighted by molar-refractivity contribution is -0.161. The van der Waals surface area contributed by atoms with E-state index in [1.165, 1.54) is 64.2 Å². The highest BCUT2D eigenvalue weighted by Gasteiger charge is 2.16. The van der Waals surface area contributed by atoms with Crippen molar-refractivity contribution in [3.05, 3.63) is 170 Å². The van der Waals surface area contributed by atoms with Gasteiger partial charge in [0.1, 0.15) is 6.61 Å². The summed E-state index contributed by atoms with van der Waals surface area (Å²) in [6.07, 6.45) is 97.5. The Kier molecular flexibility index (Phi) is 58.5. The van der Waals surface area contributed by atoms with Gasteiger partial charge in [0.15, 0.2) is 6.10 Å². The van der Waals surface area contributed by atoms with E-state index in [4.69, 9.17) is 9.47 Å². The molecule has 0 fully saturated rings. The molecular weight excluding hydrogens is 909 g/mol. The van der Waals surface area contributed by atoms with Gasteiger partial charge in [-0.2, -0.15) is 0 Å². The van der Waals surface area contributed by atoms with E-state index >= 15 is 0 Å². The van der Waals surface area contributed by atoms with Crippen molar-refractivity contribution in [1.82, 2.24) is 0 Å². The molecule has 0 bridgehead atoms. The fourth-order valence-electron chi connectivity index (χ4n) is 7.63. The number of unbranched alkanes of at least 4 members (excludes halogenated alkanes) is 16. The summed E-state index contributed by atoms with van der Waals surface area (Å²) in [6.45, 7) is 3.88. The third-order valence-corrected chi connectivity index (χ3v) is 12.0. The lowest BCUT2D eigenvalue weighted by atomic mass is 10.0. The minimum Gasteiger partial charge on any atom is -0.462 e. The van der Waals surface area contributed by atoms with Crippen LogP contribution in [0.15, 0.2) is 170 Å². The van der Waals surface area contributed by atoms with Gasteiger partial charge in [-0.1, -0.05) is 261 Å². The van der Waals surface area contributed by atoms with Gasteiger partial charge >= 0.3 is 11.9 Å². The molecule has 1 atom stereocenters. The second kappa shape index (κ2) is 62.6. The number of ether oxygens (including phenoxy) is 2. The second-order valence-corrected chi connectivity index (χ2v) is 19.0. The average Bonchev–Trinajstić information content (AvgIpc) is 3.40. The van der Waals surface area contributed by atoms with Gasteiger partial charge in [-0.25, -0.2) is 0 Å². The zero-order valence-corrected chi connectivity index (χ0v) is 47.3. The molecule has 0 radical (unpaired) electrons. The lowest BCUT2D eigenvalue weighted by Crippen LogP contribution is -2.28. The summed E-state index contributed by atoms with van der Waals surface area (Å²) in [5.74, 6) is -0.632. The van der Waals surface area contributed by atoms with Crippen molar-refractivity contribution in [2.75, 3.05) is 13.2 Å². The van der Waals surface area contributed by atoms with Crippen LogP contribution in [0.1, 0.15) is 232 Å². The van der Waals surface area contributed by atoms with E-state index in [0.717, 1.165) is 141 Å². The summed E-state index contributed by atoms with van der Waals surface area (Å²) in [5.41, 5.74) is 0. The lowest BCUT2D eigenvalue weighted by Gasteiger charge is -2.15. The maximum absolute atomic E-state index is 12.3. The fourth-order valence-corrected chi connectivity index (χ4v) is 7.63. The van der Waals surface area contributed by atoms with Crippen LogP contribution < -0.4 is 0 Å². The van der Waals surface area contributed by atoms with Crippen LogP contribution in [-0.2, 0) is 19.1 Å². The maximum Gasteiger partial charge on any atom is 0.306 e. The Morgan fingerprint density at radius 1 is 0.311 bits per heavy atom. The number of carbonyl (C=O) groups excluding carboxylic acids is 2. The topological polar surface area (TPSA) is 72.8 Å². The number of aliphatic hydroxyl groups is 1. The molecule has 0 heterocycles. The minimum atomic E-state index is -0.798. The molecule has 0 aromatic rings. The van der Waals surface area contributed by atoms with Gasteiger partial charge in [0.05, 0.1) is 6.61 Å². The zero-order valence-electron chi connectivity index (χ0n) is 47.3. The third kappa shape index (κ3) is 59.8. The molecule has 0 aromatic heterocycles. The molecule has 0 aliphatic heterocycles. The van der Waals surface area contributed by atoms with Crippen LogP contribution in [-0.4, -0.2) is 36.4 Å². The number of rotatable bonds is 52. The van der Waals surface area contributed by atoms with Crippen LogP contribution >= 0.6 is 0 Å². The van der Waals surface area contributed by atoms with Gasteiger partial charge in [0.2, 0.25) is 0 Å². The molecule has 5 heteroatoms. The van der Waals surface area contributed by atoms with Crippen LogP contribution in [0.2, 0.25) is 0 Å². The summed E-state index contributed by atoms with van der Waals surface area (Å²) in [7, 11) is 0. The average molecular weight is 1020 g/mol. The highest BCUT2D eigenvalue weighted by atomic mass is 16.6. The zero-order chi connectivity index (χ0) is 53.4. The molecule has 0 aromatic carbocycles. The summed E-state index contributed by atoms with van der Waals surface area (Å²) in [6, 6.07) is 0. The molecule has 74 heavy (non-hydrogen) atoms. The predicted molar refractivity (Wildman–Crippen MR) is 324 cm³/mol.